The largest absolute Gasteiger partial charge is 0.395 e. The lowest BCUT2D eigenvalue weighted by molar-refractivity contribution is -0.0962. The van der Waals surface area contributed by atoms with E-state index in [1.165, 1.54) is 13.8 Å². The van der Waals surface area contributed by atoms with Crippen LogP contribution in [0.3, 0.4) is 0 Å². The van der Waals surface area contributed by atoms with E-state index in [2.05, 4.69) is 114 Å². The molecule has 2 unspecified atom stereocenters. The van der Waals surface area contributed by atoms with Gasteiger partial charge in [0.2, 0.25) is 0 Å². The first-order valence-corrected chi connectivity index (χ1v) is 24.0. The summed E-state index contributed by atoms with van der Waals surface area (Å²) in [5.74, 6) is -0.254. The third kappa shape index (κ3) is 14.1. The van der Waals surface area contributed by atoms with Crippen LogP contribution in [0.5, 0.6) is 0 Å². The normalized spacial score (nSPS) is 14.5. The number of pyridine rings is 2. The minimum absolute atomic E-state index is 0. The number of nitrogens with zero attached hydrogens (tertiary/aromatic N) is 4. The number of aromatic nitrogens is 2. The topological polar surface area (TPSA) is 84.9 Å². The Hall–Kier alpha value is -2.09. The molecule has 10 heteroatoms. The smallest absolute Gasteiger partial charge is 0.186 e. The second kappa shape index (κ2) is 19.8. The maximum absolute atomic E-state index is 10.8. The SMILES string of the molecule is C.CC(=O)c1cccc(C(C)=O)n1.CCCN(CCC)C(C)(O[Si](C)(C)C)c1cccc(C(C)(O[Si](C)(C)C)N(CCC)CCC)n1. The average Bonchev–Trinajstić information content (AvgIpc) is 2.95. The van der Waals surface area contributed by atoms with Gasteiger partial charge in [-0.15, -0.1) is 0 Å². The van der Waals surface area contributed by atoms with E-state index in [0.29, 0.717) is 11.4 Å². The quantitative estimate of drug-likeness (QED) is 0.0870. The van der Waals surface area contributed by atoms with E-state index < -0.39 is 28.1 Å². The highest BCUT2D eigenvalue weighted by molar-refractivity contribution is 6.70. The van der Waals surface area contributed by atoms with Crippen LogP contribution in [0.2, 0.25) is 39.3 Å². The molecule has 0 N–H and O–H groups in total. The maximum Gasteiger partial charge on any atom is 0.186 e. The van der Waals surface area contributed by atoms with E-state index >= 15 is 0 Å². The predicted molar refractivity (Wildman–Crippen MR) is 203 cm³/mol. The molecule has 2 aromatic rings. The molecule has 0 fully saturated rings. The summed E-state index contributed by atoms with van der Waals surface area (Å²) in [5.41, 5.74) is 1.53. The standard InChI is InChI=1S/C27H55N3O2Si2.C9H9NO2.CH4/c1-13-20-29(21-14-2)26(5,31-33(7,8)9)24-18-17-19-25(28-24)27(6,32-34(10,11)12)30(22-15-3)23-16-4;1-6(11)8-4-3-5-9(10-8)7(2)12;/h17-19H,13-16,20-23H2,1-12H3;3-5H,1-2H3;1H4. The van der Waals surface area contributed by atoms with Crippen LogP contribution in [0.4, 0.5) is 0 Å². The van der Waals surface area contributed by atoms with Crippen LogP contribution < -0.4 is 0 Å². The highest BCUT2D eigenvalue weighted by Crippen LogP contribution is 2.37. The summed E-state index contributed by atoms with van der Waals surface area (Å²) in [6.45, 7) is 33.9. The number of rotatable bonds is 18. The van der Waals surface area contributed by atoms with Gasteiger partial charge in [-0.05, 0) is 103 Å². The molecule has 47 heavy (non-hydrogen) atoms. The summed E-state index contributed by atoms with van der Waals surface area (Å²) in [5, 5.41) is 0. The van der Waals surface area contributed by atoms with E-state index in [0.717, 1.165) is 63.3 Å². The predicted octanol–water partition coefficient (Wildman–Crippen LogP) is 9.50. The van der Waals surface area contributed by atoms with E-state index in [-0.39, 0.29) is 19.0 Å². The van der Waals surface area contributed by atoms with Gasteiger partial charge < -0.3 is 8.85 Å². The van der Waals surface area contributed by atoms with Crippen molar-refractivity contribution < 1.29 is 18.4 Å². The van der Waals surface area contributed by atoms with Crippen molar-refractivity contribution in [1.29, 1.82) is 0 Å². The number of carbonyl (C=O) groups is 2. The molecule has 0 aliphatic heterocycles. The molecule has 0 saturated carbocycles. The number of hydrogen-bond donors (Lipinski definition) is 0. The minimum Gasteiger partial charge on any atom is -0.395 e. The lowest BCUT2D eigenvalue weighted by Gasteiger charge is -2.46. The molecule has 0 aliphatic rings. The molecule has 0 radical (unpaired) electrons. The summed E-state index contributed by atoms with van der Waals surface area (Å²) < 4.78 is 13.9. The van der Waals surface area contributed by atoms with Gasteiger partial charge in [0.25, 0.3) is 0 Å². The molecule has 0 amide bonds. The molecule has 268 valence electrons. The van der Waals surface area contributed by atoms with Crippen molar-refractivity contribution in [2.24, 2.45) is 0 Å². The van der Waals surface area contributed by atoms with Crippen LogP contribution >= 0.6 is 0 Å². The van der Waals surface area contributed by atoms with Crippen LogP contribution in [0.25, 0.3) is 0 Å². The third-order valence-corrected chi connectivity index (χ3v) is 9.38. The molecule has 0 saturated heterocycles. The van der Waals surface area contributed by atoms with E-state index in [4.69, 9.17) is 13.8 Å². The van der Waals surface area contributed by atoms with E-state index in [9.17, 15) is 9.59 Å². The fourth-order valence-corrected chi connectivity index (χ4v) is 8.54. The fourth-order valence-electron chi connectivity index (χ4n) is 5.69. The second-order valence-electron chi connectivity index (χ2n) is 14.3. The molecular weight excluding hydrogens is 621 g/mol. The Morgan fingerprint density at radius 3 is 1.17 bits per heavy atom. The van der Waals surface area contributed by atoms with Crippen LogP contribution in [0, 0.1) is 0 Å². The molecule has 2 rings (SSSR count). The summed E-state index contributed by atoms with van der Waals surface area (Å²) >= 11 is 0. The van der Waals surface area contributed by atoms with Gasteiger partial charge in [-0.1, -0.05) is 47.3 Å². The van der Waals surface area contributed by atoms with Crippen molar-refractivity contribution in [3.63, 3.8) is 0 Å². The number of ketones is 2. The lowest BCUT2D eigenvalue weighted by Crippen LogP contribution is -2.54. The Bertz CT molecular complexity index is 1150. The molecule has 0 spiro atoms. The minimum atomic E-state index is -1.86. The second-order valence-corrected chi connectivity index (χ2v) is 23.2. The average molecular weight is 689 g/mol. The summed E-state index contributed by atoms with van der Waals surface area (Å²) in [6, 6.07) is 11.3. The number of hydrogen-bond acceptors (Lipinski definition) is 8. The number of Topliss-reactive ketones (excluding diaryl/α,β-unsaturated/α-hetero) is 2. The Morgan fingerprint density at radius 1 is 0.617 bits per heavy atom. The van der Waals surface area contributed by atoms with Crippen molar-refractivity contribution >= 4 is 28.2 Å². The van der Waals surface area contributed by atoms with Crippen molar-refractivity contribution in [3.05, 3.63) is 59.2 Å². The first-order chi connectivity index (χ1) is 21.3. The maximum atomic E-state index is 10.8. The molecule has 0 aliphatic carbocycles. The summed E-state index contributed by atoms with van der Waals surface area (Å²) in [4.78, 5) is 35.9. The van der Waals surface area contributed by atoms with Crippen LogP contribution in [-0.4, -0.2) is 74.1 Å². The van der Waals surface area contributed by atoms with E-state index in [1.54, 1.807) is 18.2 Å². The van der Waals surface area contributed by atoms with Crippen molar-refractivity contribution in [1.82, 2.24) is 19.8 Å². The highest BCUT2D eigenvalue weighted by Gasteiger charge is 2.43. The lowest BCUT2D eigenvalue weighted by atomic mass is 10.0. The zero-order valence-electron chi connectivity index (χ0n) is 31.5. The van der Waals surface area contributed by atoms with Crippen molar-refractivity contribution in [2.45, 2.75) is 139 Å². The van der Waals surface area contributed by atoms with Gasteiger partial charge in [0.05, 0.1) is 11.4 Å². The van der Waals surface area contributed by atoms with Crippen LogP contribution in [0.1, 0.15) is 121 Å². The molecular formula is C37H68N4O4Si2. The fraction of sp³-hybridized carbons (Fsp3) is 0.676. The van der Waals surface area contributed by atoms with Gasteiger partial charge in [0, 0.05) is 40.0 Å². The zero-order valence-corrected chi connectivity index (χ0v) is 33.5. The van der Waals surface area contributed by atoms with Gasteiger partial charge in [0.1, 0.15) is 11.4 Å². The molecule has 2 heterocycles. The molecule has 8 nitrogen and oxygen atoms in total. The van der Waals surface area contributed by atoms with E-state index in [1.807, 2.05) is 0 Å². The van der Waals surface area contributed by atoms with Gasteiger partial charge in [-0.25, -0.2) is 9.97 Å². The number of carbonyl (C=O) groups excluding carboxylic acids is 2. The molecule has 2 atom stereocenters. The summed E-state index contributed by atoms with van der Waals surface area (Å²) in [7, 11) is -3.72. The monoisotopic (exact) mass is 688 g/mol. The zero-order chi connectivity index (χ0) is 35.3. The Kier molecular flexibility index (Phi) is 18.9. The van der Waals surface area contributed by atoms with Crippen LogP contribution in [0.15, 0.2) is 36.4 Å². The van der Waals surface area contributed by atoms with Crippen LogP contribution in [-0.2, 0) is 20.3 Å². The Balaban J connectivity index is 0.00000136. The van der Waals surface area contributed by atoms with Gasteiger partial charge in [-0.2, -0.15) is 0 Å². The van der Waals surface area contributed by atoms with Crippen molar-refractivity contribution in [3.8, 4) is 0 Å². The molecule has 0 aromatic carbocycles. The first kappa shape index (κ1) is 44.9. The molecule has 2 aromatic heterocycles. The van der Waals surface area contributed by atoms with Gasteiger partial charge in [0.15, 0.2) is 39.7 Å². The summed E-state index contributed by atoms with van der Waals surface area (Å²) in [6.07, 6.45) is 4.34. The van der Waals surface area contributed by atoms with Gasteiger partial charge >= 0.3 is 0 Å². The third-order valence-electron chi connectivity index (χ3n) is 7.36. The van der Waals surface area contributed by atoms with Crippen molar-refractivity contribution in [2.75, 3.05) is 26.2 Å². The highest BCUT2D eigenvalue weighted by atomic mass is 28.4. The first-order valence-electron chi connectivity index (χ1n) is 17.1. The van der Waals surface area contributed by atoms with Gasteiger partial charge in [-0.3, -0.25) is 19.4 Å². The Labute approximate surface area is 290 Å². The Morgan fingerprint density at radius 2 is 0.915 bits per heavy atom. The molecule has 0 bridgehead atoms.